The minimum Gasteiger partial charge on any atom is -0.493 e. The molecule has 0 aliphatic carbocycles. The Kier molecular flexibility index (Phi) is 6.31. The van der Waals surface area contributed by atoms with Crippen LogP contribution in [0.15, 0.2) is 72.9 Å². The van der Waals surface area contributed by atoms with E-state index in [1.807, 2.05) is 59.2 Å². The molecule has 4 aromatic rings. The van der Waals surface area contributed by atoms with E-state index in [1.54, 1.807) is 18.3 Å². The number of amides is 1. The molecule has 0 saturated heterocycles. The van der Waals surface area contributed by atoms with Crippen molar-refractivity contribution >= 4 is 28.3 Å². The minimum absolute atomic E-state index is 0.339. The zero-order chi connectivity index (χ0) is 23.4. The zero-order valence-corrected chi connectivity index (χ0v) is 18.6. The molecule has 1 amide bonds. The first-order valence-electron chi connectivity index (χ1n) is 10.3. The monoisotopic (exact) mass is 444 g/mol. The predicted molar refractivity (Wildman–Crippen MR) is 127 cm³/mol. The van der Waals surface area contributed by atoms with Crippen LogP contribution in [0.3, 0.4) is 0 Å². The Morgan fingerprint density at radius 2 is 1.48 bits per heavy atom. The molecule has 7 nitrogen and oxygen atoms in total. The van der Waals surface area contributed by atoms with E-state index in [0.29, 0.717) is 35.0 Å². The van der Waals surface area contributed by atoms with Gasteiger partial charge in [-0.05, 0) is 11.6 Å². The second kappa shape index (κ2) is 9.48. The van der Waals surface area contributed by atoms with E-state index in [9.17, 15) is 9.59 Å². The molecule has 0 aliphatic heterocycles. The van der Waals surface area contributed by atoms with Gasteiger partial charge in [-0.2, -0.15) is 0 Å². The third kappa shape index (κ3) is 4.39. The van der Waals surface area contributed by atoms with E-state index in [4.69, 9.17) is 14.2 Å². The maximum atomic E-state index is 13.1. The molecular formula is C26H24N2O5. The summed E-state index contributed by atoms with van der Waals surface area (Å²) in [6.45, 7) is 0.586. The summed E-state index contributed by atoms with van der Waals surface area (Å²) < 4.78 is 17.9. The maximum Gasteiger partial charge on any atom is 0.296 e. The highest BCUT2D eigenvalue weighted by atomic mass is 16.5. The van der Waals surface area contributed by atoms with E-state index < -0.39 is 11.7 Å². The molecule has 0 radical (unpaired) electrons. The highest BCUT2D eigenvalue weighted by Gasteiger charge is 2.23. The van der Waals surface area contributed by atoms with Crippen molar-refractivity contribution in [2.45, 2.75) is 6.54 Å². The number of ether oxygens (including phenoxy) is 3. The molecule has 1 heterocycles. The molecule has 1 aromatic heterocycles. The number of para-hydroxylation sites is 1. The summed E-state index contributed by atoms with van der Waals surface area (Å²) in [5.74, 6) is -0.245. The Bertz CT molecular complexity index is 1290. The quantitative estimate of drug-likeness (QED) is 0.319. The second-order valence-electron chi connectivity index (χ2n) is 7.37. The number of methoxy groups -OCH3 is 3. The maximum absolute atomic E-state index is 13.1. The lowest BCUT2D eigenvalue weighted by molar-refractivity contribution is -0.112. The van der Waals surface area contributed by atoms with Crippen molar-refractivity contribution in [3.05, 3.63) is 84.1 Å². The van der Waals surface area contributed by atoms with E-state index in [-0.39, 0.29) is 0 Å². The van der Waals surface area contributed by atoms with Crippen molar-refractivity contribution in [1.29, 1.82) is 0 Å². The minimum atomic E-state index is -0.758. The molecule has 0 spiro atoms. The molecule has 33 heavy (non-hydrogen) atoms. The number of hydrogen-bond donors (Lipinski definition) is 1. The fraction of sp³-hybridized carbons (Fsp3) is 0.154. The van der Waals surface area contributed by atoms with Gasteiger partial charge in [-0.15, -0.1) is 0 Å². The van der Waals surface area contributed by atoms with Gasteiger partial charge in [0.1, 0.15) is 0 Å². The molecule has 168 valence electrons. The first kappa shape index (κ1) is 22.0. The molecule has 0 fully saturated rings. The van der Waals surface area contributed by atoms with Crippen LogP contribution in [0, 0.1) is 0 Å². The van der Waals surface area contributed by atoms with Crippen LogP contribution in [0.25, 0.3) is 10.9 Å². The average Bonchev–Trinajstić information content (AvgIpc) is 3.21. The molecule has 7 heteroatoms. The van der Waals surface area contributed by atoms with E-state index in [0.717, 1.165) is 16.5 Å². The van der Waals surface area contributed by atoms with Crippen molar-refractivity contribution in [1.82, 2.24) is 4.57 Å². The number of carbonyl (C=O) groups excluding carboxylic acids is 2. The number of nitrogens with one attached hydrogen (secondary N) is 1. The Labute approximate surface area is 191 Å². The van der Waals surface area contributed by atoms with Crippen molar-refractivity contribution in [3.63, 3.8) is 0 Å². The molecule has 0 bridgehead atoms. The summed E-state index contributed by atoms with van der Waals surface area (Å²) >= 11 is 0. The smallest absolute Gasteiger partial charge is 0.296 e. The number of carbonyl (C=O) groups is 2. The molecule has 1 N–H and O–H groups in total. The van der Waals surface area contributed by atoms with Gasteiger partial charge in [-0.25, -0.2) is 0 Å². The lowest BCUT2D eigenvalue weighted by Crippen LogP contribution is -2.22. The van der Waals surface area contributed by atoms with Crippen molar-refractivity contribution in [3.8, 4) is 17.2 Å². The van der Waals surface area contributed by atoms with Crippen molar-refractivity contribution in [2.75, 3.05) is 26.6 Å². The van der Waals surface area contributed by atoms with Crippen LogP contribution in [-0.4, -0.2) is 37.6 Å². The number of benzene rings is 3. The number of nitrogens with zero attached hydrogens (tertiary/aromatic N) is 1. The lowest BCUT2D eigenvalue weighted by atomic mass is 10.1. The average molecular weight is 444 g/mol. The Morgan fingerprint density at radius 1 is 0.848 bits per heavy atom. The van der Waals surface area contributed by atoms with E-state index in [1.165, 1.54) is 21.3 Å². The molecular weight excluding hydrogens is 420 g/mol. The van der Waals surface area contributed by atoms with Crippen LogP contribution < -0.4 is 19.5 Å². The fourth-order valence-corrected chi connectivity index (χ4v) is 3.80. The number of anilines is 1. The van der Waals surface area contributed by atoms with Gasteiger partial charge >= 0.3 is 0 Å². The molecule has 4 rings (SSSR count). The predicted octanol–water partition coefficient (Wildman–Crippen LogP) is 4.54. The summed E-state index contributed by atoms with van der Waals surface area (Å²) in [7, 11) is 4.46. The van der Waals surface area contributed by atoms with E-state index in [2.05, 4.69) is 5.32 Å². The summed E-state index contributed by atoms with van der Waals surface area (Å²) in [4.78, 5) is 26.0. The lowest BCUT2D eigenvalue weighted by Gasteiger charge is -2.14. The van der Waals surface area contributed by atoms with Crippen LogP contribution in [-0.2, 0) is 11.3 Å². The molecule has 0 saturated carbocycles. The van der Waals surface area contributed by atoms with Gasteiger partial charge in [0.15, 0.2) is 11.5 Å². The van der Waals surface area contributed by atoms with Crippen LogP contribution in [0.5, 0.6) is 17.2 Å². The van der Waals surface area contributed by atoms with Crippen molar-refractivity contribution in [2.24, 2.45) is 0 Å². The summed E-state index contributed by atoms with van der Waals surface area (Å²) in [5, 5.41) is 3.37. The third-order valence-corrected chi connectivity index (χ3v) is 5.36. The molecule has 0 aliphatic rings. The topological polar surface area (TPSA) is 78.8 Å². The standard InChI is InChI=1S/C26H24N2O5/c1-31-22-13-18(14-23(32-2)25(22)33-3)27-26(30)24(29)20-16-28(15-17-9-5-4-6-10-17)21-12-8-7-11-19(20)21/h4-14,16H,15H2,1-3H3,(H,27,30). The largest absolute Gasteiger partial charge is 0.493 e. The molecule has 0 unspecified atom stereocenters. The Balaban J connectivity index is 1.64. The Hall–Kier alpha value is -4.26. The van der Waals surface area contributed by atoms with E-state index >= 15 is 0 Å². The molecule has 0 atom stereocenters. The molecule has 3 aromatic carbocycles. The highest BCUT2D eigenvalue weighted by Crippen LogP contribution is 2.40. The number of rotatable bonds is 8. The van der Waals surface area contributed by atoms with Gasteiger partial charge in [0, 0.05) is 41.5 Å². The van der Waals surface area contributed by atoms with Gasteiger partial charge in [-0.3, -0.25) is 9.59 Å². The van der Waals surface area contributed by atoms with Gasteiger partial charge in [0.2, 0.25) is 5.75 Å². The van der Waals surface area contributed by atoms with Gasteiger partial charge in [0.05, 0.1) is 26.9 Å². The van der Waals surface area contributed by atoms with Crippen LogP contribution in [0.1, 0.15) is 15.9 Å². The number of ketones is 1. The summed E-state index contributed by atoms with van der Waals surface area (Å²) in [5.41, 5.74) is 2.67. The normalized spacial score (nSPS) is 10.6. The second-order valence-corrected chi connectivity index (χ2v) is 7.37. The first-order chi connectivity index (χ1) is 16.0. The summed E-state index contributed by atoms with van der Waals surface area (Å²) in [6.07, 6.45) is 1.73. The number of aromatic nitrogens is 1. The van der Waals surface area contributed by atoms with Gasteiger partial charge in [0.25, 0.3) is 11.7 Å². The van der Waals surface area contributed by atoms with Crippen molar-refractivity contribution < 1.29 is 23.8 Å². The van der Waals surface area contributed by atoms with Crippen LogP contribution in [0.4, 0.5) is 5.69 Å². The fourth-order valence-electron chi connectivity index (χ4n) is 3.80. The summed E-state index contributed by atoms with van der Waals surface area (Å²) in [6, 6.07) is 20.6. The first-order valence-corrected chi connectivity index (χ1v) is 10.3. The van der Waals surface area contributed by atoms with Crippen LogP contribution >= 0.6 is 0 Å². The number of Topliss-reactive ketones (excluding diaryl/α,β-unsaturated/α-hetero) is 1. The third-order valence-electron chi connectivity index (χ3n) is 5.36. The zero-order valence-electron chi connectivity index (χ0n) is 18.6. The van der Waals surface area contributed by atoms with Gasteiger partial charge < -0.3 is 24.1 Å². The SMILES string of the molecule is COc1cc(NC(=O)C(=O)c2cn(Cc3ccccc3)c3ccccc23)cc(OC)c1OC. The number of hydrogen-bond acceptors (Lipinski definition) is 5. The van der Waals surface area contributed by atoms with Gasteiger partial charge in [-0.1, -0.05) is 48.5 Å². The highest BCUT2D eigenvalue weighted by molar-refractivity contribution is 6.48. The van der Waals surface area contributed by atoms with Crippen LogP contribution in [0.2, 0.25) is 0 Å². The Morgan fingerprint density at radius 3 is 2.12 bits per heavy atom. The number of fused-ring (bicyclic) bond motifs is 1.